The summed E-state index contributed by atoms with van der Waals surface area (Å²) in [6.07, 6.45) is 1.36. The van der Waals surface area contributed by atoms with Gasteiger partial charge in [0.2, 0.25) is 0 Å². The number of amides is 1. The number of anilines is 1. The lowest BCUT2D eigenvalue weighted by Gasteiger charge is -2.08. The fourth-order valence-electron chi connectivity index (χ4n) is 1.75. The number of aliphatic hydroxyl groups is 1. The zero-order valence-electron chi connectivity index (χ0n) is 11.0. The number of aromatic nitrogens is 2. The number of hydrogen-bond donors (Lipinski definition) is 2. The highest BCUT2D eigenvalue weighted by Gasteiger charge is 2.14. The third kappa shape index (κ3) is 2.84. The summed E-state index contributed by atoms with van der Waals surface area (Å²) in [5.74, 6) is -0.0201. The van der Waals surface area contributed by atoms with Crippen LogP contribution in [0.1, 0.15) is 21.5 Å². The van der Waals surface area contributed by atoms with Crippen LogP contribution < -0.4 is 5.32 Å². The molecule has 1 heterocycles. The molecule has 0 fully saturated rings. The van der Waals surface area contributed by atoms with Crippen molar-refractivity contribution in [1.82, 2.24) is 9.78 Å². The number of nitrogens with one attached hydrogen (secondary N) is 1. The SMILES string of the molecule is Cc1ccc(C(=O)Nc2c(C#N)cnn2CCO)cc1. The van der Waals surface area contributed by atoms with E-state index in [2.05, 4.69) is 10.4 Å². The van der Waals surface area contributed by atoms with Crippen LogP contribution in [0.5, 0.6) is 0 Å². The van der Waals surface area contributed by atoms with Gasteiger partial charge in [0.1, 0.15) is 17.5 Å². The molecular weight excluding hydrogens is 256 g/mol. The summed E-state index contributed by atoms with van der Waals surface area (Å²) in [5, 5.41) is 24.6. The molecule has 6 nitrogen and oxygen atoms in total. The van der Waals surface area contributed by atoms with Gasteiger partial charge in [-0.2, -0.15) is 10.4 Å². The molecule has 0 aliphatic rings. The molecule has 1 amide bonds. The van der Waals surface area contributed by atoms with Crippen LogP contribution in [0.4, 0.5) is 5.82 Å². The molecule has 0 saturated carbocycles. The van der Waals surface area contributed by atoms with E-state index >= 15 is 0 Å². The Kier molecular flexibility index (Phi) is 4.13. The summed E-state index contributed by atoms with van der Waals surface area (Å²) < 4.78 is 1.39. The second-order valence-electron chi connectivity index (χ2n) is 4.29. The number of benzene rings is 1. The van der Waals surface area contributed by atoms with Crippen LogP contribution in [0.25, 0.3) is 0 Å². The zero-order chi connectivity index (χ0) is 14.5. The molecule has 0 atom stereocenters. The Balaban J connectivity index is 2.25. The number of carbonyl (C=O) groups is 1. The van der Waals surface area contributed by atoms with Crippen LogP contribution in [-0.4, -0.2) is 27.4 Å². The third-order valence-corrected chi connectivity index (χ3v) is 2.82. The largest absolute Gasteiger partial charge is 0.394 e. The van der Waals surface area contributed by atoms with Gasteiger partial charge in [0.05, 0.1) is 19.3 Å². The summed E-state index contributed by atoms with van der Waals surface area (Å²) in [7, 11) is 0. The Bertz CT molecular complexity index is 653. The lowest BCUT2D eigenvalue weighted by atomic mass is 10.1. The van der Waals surface area contributed by atoms with Gasteiger partial charge in [-0.3, -0.25) is 4.79 Å². The van der Waals surface area contributed by atoms with Crippen LogP contribution >= 0.6 is 0 Å². The zero-order valence-corrected chi connectivity index (χ0v) is 11.0. The first-order chi connectivity index (χ1) is 9.65. The summed E-state index contributed by atoms with van der Waals surface area (Å²) in [6, 6.07) is 9.06. The molecule has 0 unspecified atom stereocenters. The normalized spacial score (nSPS) is 10.1. The minimum absolute atomic E-state index is 0.125. The van der Waals surface area contributed by atoms with Crippen molar-refractivity contribution in [2.75, 3.05) is 11.9 Å². The summed E-state index contributed by atoms with van der Waals surface area (Å²) in [5.41, 5.74) is 1.82. The molecule has 6 heteroatoms. The molecule has 1 aromatic carbocycles. The van der Waals surface area contributed by atoms with E-state index in [0.717, 1.165) is 5.56 Å². The number of nitrogens with zero attached hydrogens (tertiary/aromatic N) is 3. The molecule has 0 radical (unpaired) electrons. The third-order valence-electron chi connectivity index (χ3n) is 2.82. The molecule has 2 N–H and O–H groups in total. The van der Waals surface area contributed by atoms with Gasteiger partial charge in [-0.1, -0.05) is 17.7 Å². The lowest BCUT2D eigenvalue weighted by molar-refractivity contribution is 0.102. The minimum Gasteiger partial charge on any atom is -0.394 e. The molecule has 0 aliphatic heterocycles. The highest BCUT2D eigenvalue weighted by Crippen LogP contribution is 2.15. The van der Waals surface area contributed by atoms with Crippen LogP contribution in [0, 0.1) is 18.3 Å². The number of carbonyl (C=O) groups excluding carboxylic acids is 1. The van der Waals surface area contributed by atoms with Gasteiger partial charge in [-0.25, -0.2) is 4.68 Å². The van der Waals surface area contributed by atoms with Crippen molar-refractivity contribution in [3.8, 4) is 6.07 Å². The van der Waals surface area contributed by atoms with E-state index in [9.17, 15) is 4.79 Å². The molecule has 0 saturated heterocycles. The number of nitriles is 1. The fourth-order valence-corrected chi connectivity index (χ4v) is 1.75. The molecule has 102 valence electrons. The first-order valence-electron chi connectivity index (χ1n) is 6.10. The van der Waals surface area contributed by atoms with Crippen molar-refractivity contribution in [2.24, 2.45) is 0 Å². The molecule has 0 aliphatic carbocycles. The Morgan fingerprint density at radius 3 is 2.75 bits per heavy atom. The topological polar surface area (TPSA) is 90.9 Å². The van der Waals surface area contributed by atoms with Gasteiger partial charge in [-0.05, 0) is 19.1 Å². The Morgan fingerprint density at radius 1 is 1.45 bits per heavy atom. The van der Waals surface area contributed by atoms with Gasteiger partial charge in [0.15, 0.2) is 0 Å². The molecule has 20 heavy (non-hydrogen) atoms. The van der Waals surface area contributed by atoms with Crippen LogP contribution in [0.2, 0.25) is 0 Å². The Labute approximate surface area is 116 Å². The molecule has 2 rings (SSSR count). The van der Waals surface area contributed by atoms with Gasteiger partial charge in [0.25, 0.3) is 5.91 Å². The van der Waals surface area contributed by atoms with Crippen molar-refractivity contribution in [1.29, 1.82) is 5.26 Å². The first-order valence-corrected chi connectivity index (χ1v) is 6.10. The maximum Gasteiger partial charge on any atom is 0.256 e. The predicted octanol–water partition coefficient (Wildman–Crippen LogP) is 1.31. The van der Waals surface area contributed by atoms with Crippen molar-refractivity contribution in [2.45, 2.75) is 13.5 Å². The van der Waals surface area contributed by atoms with Gasteiger partial charge in [0, 0.05) is 5.56 Å². The maximum absolute atomic E-state index is 12.1. The highest BCUT2D eigenvalue weighted by molar-refractivity contribution is 6.04. The average Bonchev–Trinajstić information content (AvgIpc) is 2.82. The van der Waals surface area contributed by atoms with Crippen LogP contribution in [0.15, 0.2) is 30.5 Å². The summed E-state index contributed by atoms with van der Waals surface area (Å²) in [4.78, 5) is 12.1. The predicted molar refractivity (Wildman–Crippen MR) is 73.2 cm³/mol. The summed E-state index contributed by atoms with van der Waals surface area (Å²) >= 11 is 0. The Hall–Kier alpha value is -2.65. The lowest BCUT2D eigenvalue weighted by Crippen LogP contribution is -2.17. The second kappa shape index (κ2) is 5.99. The number of aryl methyl sites for hydroxylation is 1. The van der Waals surface area contributed by atoms with E-state index in [4.69, 9.17) is 10.4 Å². The number of rotatable bonds is 4. The molecule has 1 aromatic heterocycles. The standard InChI is InChI=1S/C14H14N4O2/c1-10-2-4-11(5-3-10)14(20)17-13-12(8-15)9-16-18(13)6-7-19/h2-5,9,19H,6-7H2,1H3,(H,17,20). The van der Waals surface area contributed by atoms with Gasteiger partial charge in [-0.15, -0.1) is 0 Å². The molecule has 0 bridgehead atoms. The number of hydrogen-bond acceptors (Lipinski definition) is 4. The van der Waals surface area contributed by atoms with Gasteiger partial charge >= 0.3 is 0 Å². The molecular formula is C14H14N4O2. The average molecular weight is 270 g/mol. The van der Waals surface area contributed by atoms with Crippen molar-refractivity contribution in [3.05, 3.63) is 47.2 Å². The van der Waals surface area contributed by atoms with E-state index in [1.807, 2.05) is 25.1 Å². The quantitative estimate of drug-likeness (QED) is 0.876. The van der Waals surface area contributed by atoms with Crippen LogP contribution in [0.3, 0.4) is 0 Å². The molecule has 2 aromatic rings. The monoisotopic (exact) mass is 270 g/mol. The van der Waals surface area contributed by atoms with E-state index < -0.39 is 0 Å². The maximum atomic E-state index is 12.1. The summed E-state index contributed by atoms with van der Waals surface area (Å²) in [6.45, 7) is 2.02. The van der Waals surface area contributed by atoms with E-state index in [1.54, 1.807) is 12.1 Å². The van der Waals surface area contributed by atoms with Crippen LogP contribution in [-0.2, 0) is 6.54 Å². The van der Waals surface area contributed by atoms with E-state index in [1.165, 1.54) is 10.9 Å². The smallest absolute Gasteiger partial charge is 0.256 e. The van der Waals surface area contributed by atoms with Crippen molar-refractivity contribution in [3.63, 3.8) is 0 Å². The second-order valence-corrected chi connectivity index (χ2v) is 4.29. The fraction of sp³-hybridized carbons (Fsp3) is 0.214. The first kappa shape index (κ1) is 13.8. The van der Waals surface area contributed by atoms with Gasteiger partial charge < -0.3 is 10.4 Å². The molecule has 0 spiro atoms. The minimum atomic E-state index is -0.318. The highest BCUT2D eigenvalue weighted by atomic mass is 16.3. The van der Waals surface area contributed by atoms with E-state index in [-0.39, 0.29) is 24.6 Å². The van der Waals surface area contributed by atoms with Crippen molar-refractivity contribution < 1.29 is 9.90 Å². The Morgan fingerprint density at radius 2 is 2.15 bits per heavy atom. The van der Waals surface area contributed by atoms with E-state index in [0.29, 0.717) is 11.4 Å². The van der Waals surface area contributed by atoms with Crippen molar-refractivity contribution >= 4 is 11.7 Å². The number of aliphatic hydroxyl groups excluding tert-OH is 1.